The van der Waals surface area contributed by atoms with Gasteiger partial charge in [-0.15, -0.1) is 0 Å². The molecule has 43 heavy (non-hydrogen) atoms. The van der Waals surface area contributed by atoms with Crippen molar-refractivity contribution in [3.05, 3.63) is 71.8 Å². The molecule has 1 aliphatic heterocycles. The van der Waals surface area contributed by atoms with Gasteiger partial charge in [-0.05, 0) is 62.0 Å². The number of aliphatic hydroxyl groups is 1. The quantitative estimate of drug-likeness (QED) is 0.223. The van der Waals surface area contributed by atoms with Gasteiger partial charge >= 0.3 is 0 Å². The highest BCUT2D eigenvalue weighted by Gasteiger charge is 2.50. The SMILES string of the molecule is CC(C)C[C@H](NC(=O)[C@@H](O)CCc1ccccc1)C(=O)C[C@@H](Cc1ccccc1)C(=O)N[C@@H](CC(C)C)C(=O)[C@@]1(C)CO1. The third-order valence-electron chi connectivity index (χ3n) is 7.85. The summed E-state index contributed by atoms with van der Waals surface area (Å²) in [6.07, 6.45) is 0.511. The highest BCUT2D eigenvalue weighted by Crippen LogP contribution is 2.30. The van der Waals surface area contributed by atoms with Crippen LogP contribution in [-0.2, 0) is 36.8 Å². The minimum Gasteiger partial charge on any atom is -0.383 e. The highest BCUT2D eigenvalue weighted by molar-refractivity contribution is 5.98. The number of ketones is 2. The van der Waals surface area contributed by atoms with E-state index in [9.17, 15) is 24.3 Å². The van der Waals surface area contributed by atoms with Crippen LogP contribution < -0.4 is 10.6 Å². The van der Waals surface area contributed by atoms with Crippen molar-refractivity contribution < 1.29 is 29.0 Å². The third kappa shape index (κ3) is 11.0. The first-order valence-corrected chi connectivity index (χ1v) is 15.5. The van der Waals surface area contributed by atoms with Crippen LogP contribution in [0.2, 0.25) is 0 Å². The molecule has 0 spiro atoms. The lowest BCUT2D eigenvalue weighted by Gasteiger charge is -2.26. The van der Waals surface area contributed by atoms with E-state index in [1.165, 1.54) is 0 Å². The molecular formula is C35H48N2O6. The number of nitrogens with one attached hydrogen (secondary N) is 2. The lowest BCUT2D eigenvalue weighted by Crippen LogP contribution is -2.50. The van der Waals surface area contributed by atoms with Gasteiger partial charge in [0.1, 0.15) is 11.7 Å². The molecule has 234 valence electrons. The van der Waals surface area contributed by atoms with E-state index in [0.717, 1.165) is 11.1 Å². The molecule has 0 radical (unpaired) electrons. The monoisotopic (exact) mass is 592 g/mol. The Kier molecular flexibility index (Phi) is 12.6. The van der Waals surface area contributed by atoms with Crippen LogP contribution in [0.15, 0.2) is 60.7 Å². The molecule has 2 amide bonds. The van der Waals surface area contributed by atoms with Crippen LogP contribution in [0.25, 0.3) is 0 Å². The summed E-state index contributed by atoms with van der Waals surface area (Å²) >= 11 is 0. The fourth-order valence-electron chi connectivity index (χ4n) is 5.24. The average Bonchev–Trinajstić information content (AvgIpc) is 3.73. The number of aliphatic hydroxyl groups excluding tert-OH is 1. The average molecular weight is 593 g/mol. The van der Waals surface area contributed by atoms with Gasteiger partial charge < -0.3 is 20.5 Å². The predicted molar refractivity (Wildman–Crippen MR) is 166 cm³/mol. The number of epoxide rings is 1. The zero-order valence-electron chi connectivity index (χ0n) is 26.2. The summed E-state index contributed by atoms with van der Waals surface area (Å²) in [7, 11) is 0. The number of Topliss-reactive ketones (excluding diaryl/α,β-unsaturated/α-hetero) is 2. The predicted octanol–water partition coefficient (Wildman–Crippen LogP) is 4.22. The first-order valence-electron chi connectivity index (χ1n) is 15.5. The van der Waals surface area contributed by atoms with Crippen molar-refractivity contribution in [3.63, 3.8) is 0 Å². The molecule has 1 fully saturated rings. The van der Waals surface area contributed by atoms with Gasteiger partial charge in [0.25, 0.3) is 0 Å². The molecule has 1 heterocycles. The molecule has 0 saturated carbocycles. The van der Waals surface area contributed by atoms with Gasteiger partial charge in [-0.2, -0.15) is 0 Å². The Morgan fingerprint density at radius 1 is 0.814 bits per heavy atom. The largest absolute Gasteiger partial charge is 0.383 e. The van der Waals surface area contributed by atoms with Crippen molar-refractivity contribution in [1.29, 1.82) is 0 Å². The normalized spacial score (nSPS) is 18.9. The van der Waals surface area contributed by atoms with E-state index in [2.05, 4.69) is 10.6 Å². The van der Waals surface area contributed by atoms with Gasteiger partial charge in [-0.1, -0.05) is 88.4 Å². The van der Waals surface area contributed by atoms with E-state index in [1.54, 1.807) is 6.92 Å². The van der Waals surface area contributed by atoms with E-state index >= 15 is 0 Å². The molecule has 8 heteroatoms. The smallest absolute Gasteiger partial charge is 0.249 e. The minimum absolute atomic E-state index is 0.0874. The first-order chi connectivity index (χ1) is 20.4. The van der Waals surface area contributed by atoms with E-state index in [0.29, 0.717) is 32.3 Å². The molecule has 0 aromatic heterocycles. The van der Waals surface area contributed by atoms with Crippen molar-refractivity contribution in [2.45, 2.75) is 96.9 Å². The van der Waals surface area contributed by atoms with Crippen molar-refractivity contribution in [2.24, 2.45) is 17.8 Å². The lowest BCUT2D eigenvalue weighted by atomic mass is 9.87. The standard InChI is InChI=1S/C35H48N2O6/c1-23(2)18-28(36-34(42)30(38)17-16-25-12-8-6-9-13-25)31(39)21-27(20-26-14-10-7-11-15-26)33(41)37-29(19-24(3)4)32(40)35(5)22-43-35/h6-15,23-24,27-30,38H,16-22H2,1-5H3,(H,36,42)(H,37,41)/t27-,28+,29+,30+,35-/m1/s1. The number of hydrogen-bond acceptors (Lipinski definition) is 6. The number of carbonyl (C=O) groups excluding carboxylic acids is 4. The molecule has 3 N–H and O–H groups in total. The van der Waals surface area contributed by atoms with E-state index in [-0.39, 0.29) is 42.2 Å². The van der Waals surface area contributed by atoms with Crippen LogP contribution in [-0.4, -0.2) is 58.9 Å². The Morgan fingerprint density at radius 3 is 1.86 bits per heavy atom. The van der Waals surface area contributed by atoms with Crippen molar-refractivity contribution in [3.8, 4) is 0 Å². The Hall–Kier alpha value is -3.36. The zero-order chi connectivity index (χ0) is 31.6. The van der Waals surface area contributed by atoms with Crippen LogP contribution in [0.5, 0.6) is 0 Å². The summed E-state index contributed by atoms with van der Waals surface area (Å²) in [6, 6.07) is 17.5. The summed E-state index contributed by atoms with van der Waals surface area (Å²) in [5, 5.41) is 16.3. The summed E-state index contributed by atoms with van der Waals surface area (Å²) < 4.78 is 5.37. The van der Waals surface area contributed by atoms with Crippen LogP contribution >= 0.6 is 0 Å². The molecule has 2 aromatic carbocycles. The summed E-state index contributed by atoms with van der Waals surface area (Å²) in [5.41, 5.74) is 1.02. The van der Waals surface area contributed by atoms with Crippen LogP contribution in [0, 0.1) is 17.8 Å². The van der Waals surface area contributed by atoms with E-state index in [1.807, 2.05) is 88.4 Å². The molecule has 8 nitrogen and oxygen atoms in total. The van der Waals surface area contributed by atoms with Gasteiger partial charge in [-0.25, -0.2) is 0 Å². The van der Waals surface area contributed by atoms with Gasteiger partial charge in [-0.3, -0.25) is 19.2 Å². The minimum atomic E-state index is -1.26. The summed E-state index contributed by atoms with van der Waals surface area (Å²) in [6.45, 7) is 9.94. The molecule has 0 unspecified atom stereocenters. The van der Waals surface area contributed by atoms with Crippen molar-refractivity contribution in [1.82, 2.24) is 10.6 Å². The van der Waals surface area contributed by atoms with Crippen LogP contribution in [0.1, 0.15) is 71.4 Å². The van der Waals surface area contributed by atoms with Crippen LogP contribution in [0.3, 0.4) is 0 Å². The number of rotatable bonds is 18. The van der Waals surface area contributed by atoms with Gasteiger partial charge in [0.05, 0.1) is 18.7 Å². The van der Waals surface area contributed by atoms with E-state index < -0.39 is 35.6 Å². The maximum absolute atomic E-state index is 13.7. The fourth-order valence-corrected chi connectivity index (χ4v) is 5.24. The number of benzene rings is 2. The number of amides is 2. The molecule has 0 aliphatic carbocycles. The first kappa shape index (κ1) is 34.1. The maximum atomic E-state index is 13.7. The number of carbonyl (C=O) groups is 4. The second kappa shape index (κ2) is 15.9. The molecule has 1 saturated heterocycles. The number of aryl methyl sites for hydroxylation is 1. The molecule has 0 bridgehead atoms. The molecular weight excluding hydrogens is 544 g/mol. The van der Waals surface area contributed by atoms with Crippen molar-refractivity contribution in [2.75, 3.05) is 6.61 Å². The Morgan fingerprint density at radius 2 is 1.33 bits per heavy atom. The molecule has 1 aliphatic rings. The Balaban J connectivity index is 1.74. The maximum Gasteiger partial charge on any atom is 0.249 e. The van der Waals surface area contributed by atoms with Gasteiger partial charge in [0, 0.05) is 12.3 Å². The zero-order valence-corrected chi connectivity index (χ0v) is 26.2. The molecule has 2 aromatic rings. The summed E-state index contributed by atoms with van der Waals surface area (Å²) in [5.74, 6) is -1.92. The Labute approximate surface area is 256 Å². The highest BCUT2D eigenvalue weighted by atomic mass is 16.6. The van der Waals surface area contributed by atoms with Gasteiger partial charge in [0.2, 0.25) is 11.8 Å². The molecule has 5 atom stereocenters. The number of ether oxygens (including phenoxy) is 1. The summed E-state index contributed by atoms with van der Waals surface area (Å²) in [4.78, 5) is 53.6. The second-order valence-corrected chi connectivity index (χ2v) is 12.9. The topological polar surface area (TPSA) is 125 Å². The van der Waals surface area contributed by atoms with E-state index in [4.69, 9.17) is 4.74 Å². The van der Waals surface area contributed by atoms with Crippen LogP contribution in [0.4, 0.5) is 0 Å². The third-order valence-corrected chi connectivity index (χ3v) is 7.85. The van der Waals surface area contributed by atoms with Gasteiger partial charge in [0.15, 0.2) is 11.6 Å². The Bertz CT molecular complexity index is 1210. The lowest BCUT2D eigenvalue weighted by molar-refractivity contribution is -0.136. The second-order valence-electron chi connectivity index (χ2n) is 12.9. The van der Waals surface area contributed by atoms with Crippen molar-refractivity contribution >= 4 is 23.4 Å². The number of hydrogen-bond donors (Lipinski definition) is 3. The fraction of sp³-hybridized carbons (Fsp3) is 0.543. The molecule has 3 rings (SSSR count).